The SMILES string of the molecule is O=C(O)c1ccc(S(=O)(=O)N2CCCC2c2ccc(F)cc2)cc1. The normalized spacial score (nSPS) is 18.6. The molecule has 7 heteroatoms. The van der Waals surface area contributed by atoms with E-state index in [-0.39, 0.29) is 22.3 Å². The second kappa shape index (κ2) is 6.33. The van der Waals surface area contributed by atoms with Crippen molar-refractivity contribution in [1.29, 1.82) is 0 Å². The zero-order valence-corrected chi connectivity index (χ0v) is 13.5. The monoisotopic (exact) mass is 349 g/mol. The van der Waals surface area contributed by atoms with Crippen LogP contribution >= 0.6 is 0 Å². The van der Waals surface area contributed by atoms with E-state index in [0.29, 0.717) is 19.4 Å². The van der Waals surface area contributed by atoms with Crippen LogP contribution in [0.3, 0.4) is 0 Å². The summed E-state index contributed by atoms with van der Waals surface area (Å²) in [5.74, 6) is -1.47. The van der Waals surface area contributed by atoms with Crippen molar-refractivity contribution in [1.82, 2.24) is 4.31 Å². The molecule has 3 rings (SSSR count). The van der Waals surface area contributed by atoms with Gasteiger partial charge < -0.3 is 5.11 Å². The summed E-state index contributed by atoms with van der Waals surface area (Å²) in [5.41, 5.74) is 0.782. The molecule has 5 nitrogen and oxygen atoms in total. The number of carboxylic acids is 1. The Morgan fingerprint density at radius 2 is 1.71 bits per heavy atom. The van der Waals surface area contributed by atoms with Crippen molar-refractivity contribution < 1.29 is 22.7 Å². The Balaban J connectivity index is 1.93. The molecule has 1 heterocycles. The van der Waals surface area contributed by atoms with Gasteiger partial charge in [-0.05, 0) is 54.8 Å². The number of nitrogens with zero attached hydrogens (tertiary/aromatic N) is 1. The number of hydrogen-bond acceptors (Lipinski definition) is 3. The summed E-state index contributed by atoms with van der Waals surface area (Å²) in [6.07, 6.45) is 1.38. The van der Waals surface area contributed by atoms with Crippen LogP contribution in [0.4, 0.5) is 4.39 Å². The van der Waals surface area contributed by atoms with Crippen LogP contribution in [0, 0.1) is 5.82 Å². The van der Waals surface area contributed by atoms with E-state index in [1.54, 1.807) is 12.1 Å². The van der Waals surface area contributed by atoms with Gasteiger partial charge in [0.1, 0.15) is 5.82 Å². The van der Waals surface area contributed by atoms with Crippen LogP contribution in [-0.2, 0) is 10.0 Å². The molecule has 1 unspecified atom stereocenters. The molecule has 1 N–H and O–H groups in total. The highest BCUT2D eigenvalue weighted by Crippen LogP contribution is 2.36. The van der Waals surface area contributed by atoms with Crippen molar-refractivity contribution in [3.05, 3.63) is 65.5 Å². The molecule has 1 aliphatic rings. The maximum atomic E-state index is 13.1. The predicted octanol–water partition coefficient (Wildman–Crippen LogP) is 3.05. The van der Waals surface area contributed by atoms with Crippen LogP contribution in [0.25, 0.3) is 0 Å². The fourth-order valence-electron chi connectivity index (χ4n) is 2.95. The average Bonchev–Trinajstić information content (AvgIpc) is 3.06. The van der Waals surface area contributed by atoms with Crippen LogP contribution in [0.2, 0.25) is 0 Å². The Hall–Kier alpha value is -2.25. The highest BCUT2D eigenvalue weighted by molar-refractivity contribution is 7.89. The molecule has 1 fully saturated rings. The fraction of sp³-hybridized carbons (Fsp3) is 0.235. The molecule has 0 radical (unpaired) electrons. The largest absolute Gasteiger partial charge is 0.478 e. The number of carbonyl (C=O) groups is 1. The molecule has 2 aromatic carbocycles. The molecule has 1 atom stereocenters. The number of carboxylic acid groups (broad SMARTS) is 1. The molecule has 0 saturated carbocycles. The molecule has 0 spiro atoms. The lowest BCUT2D eigenvalue weighted by Gasteiger charge is -2.24. The predicted molar refractivity (Wildman–Crippen MR) is 85.7 cm³/mol. The van der Waals surface area contributed by atoms with E-state index < -0.39 is 16.0 Å². The van der Waals surface area contributed by atoms with Gasteiger partial charge in [0.2, 0.25) is 10.0 Å². The number of hydrogen-bond donors (Lipinski definition) is 1. The topological polar surface area (TPSA) is 74.7 Å². The Morgan fingerprint density at radius 3 is 2.29 bits per heavy atom. The highest BCUT2D eigenvalue weighted by atomic mass is 32.2. The fourth-order valence-corrected chi connectivity index (χ4v) is 4.63. The summed E-state index contributed by atoms with van der Waals surface area (Å²) in [5, 5.41) is 8.91. The minimum Gasteiger partial charge on any atom is -0.478 e. The molecular weight excluding hydrogens is 333 g/mol. The molecule has 1 aliphatic heterocycles. The van der Waals surface area contributed by atoms with E-state index in [4.69, 9.17) is 5.11 Å². The van der Waals surface area contributed by atoms with E-state index in [1.165, 1.54) is 40.7 Å². The first-order valence-corrected chi connectivity index (χ1v) is 8.94. The van der Waals surface area contributed by atoms with Crippen LogP contribution < -0.4 is 0 Å². The van der Waals surface area contributed by atoms with Gasteiger partial charge in [0.05, 0.1) is 16.5 Å². The lowest BCUT2D eigenvalue weighted by molar-refractivity contribution is 0.0696. The van der Waals surface area contributed by atoms with Crippen molar-refractivity contribution in [2.24, 2.45) is 0 Å². The quantitative estimate of drug-likeness (QED) is 0.921. The van der Waals surface area contributed by atoms with Crippen molar-refractivity contribution in [3.8, 4) is 0 Å². The molecular formula is C17H16FNO4S. The first kappa shape index (κ1) is 16.6. The maximum absolute atomic E-state index is 13.1. The molecule has 0 aliphatic carbocycles. The maximum Gasteiger partial charge on any atom is 0.335 e. The summed E-state index contributed by atoms with van der Waals surface area (Å²) < 4.78 is 40.2. The first-order chi connectivity index (χ1) is 11.4. The minimum absolute atomic E-state index is 0.0328. The Morgan fingerprint density at radius 1 is 1.08 bits per heavy atom. The number of sulfonamides is 1. The molecule has 0 aromatic heterocycles. The second-order valence-electron chi connectivity index (χ2n) is 5.65. The smallest absolute Gasteiger partial charge is 0.335 e. The lowest BCUT2D eigenvalue weighted by atomic mass is 10.1. The van der Waals surface area contributed by atoms with Crippen LogP contribution in [-0.4, -0.2) is 30.3 Å². The third-order valence-corrected chi connectivity index (χ3v) is 6.09. The Bertz CT molecular complexity index is 847. The van der Waals surface area contributed by atoms with E-state index in [2.05, 4.69) is 0 Å². The molecule has 126 valence electrons. The van der Waals surface area contributed by atoms with Gasteiger partial charge in [-0.15, -0.1) is 0 Å². The van der Waals surface area contributed by atoms with Gasteiger partial charge in [0, 0.05) is 6.54 Å². The summed E-state index contributed by atoms with van der Waals surface area (Å²) in [6.45, 7) is 0.380. The van der Waals surface area contributed by atoms with Crippen molar-refractivity contribution in [2.45, 2.75) is 23.8 Å². The third kappa shape index (κ3) is 3.05. The molecule has 24 heavy (non-hydrogen) atoms. The average molecular weight is 349 g/mol. The number of rotatable bonds is 4. The summed E-state index contributed by atoms with van der Waals surface area (Å²) in [4.78, 5) is 10.9. The summed E-state index contributed by atoms with van der Waals surface area (Å²) >= 11 is 0. The highest BCUT2D eigenvalue weighted by Gasteiger charge is 2.36. The van der Waals surface area contributed by atoms with Gasteiger partial charge >= 0.3 is 5.97 Å². The van der Waals surface area contributed by atoms with E-state index >= 15 is 0 Å². The van der Waals surface area contributed by atoms with Crippen molar-refractivity contribution in [3.63, 3.8) is 0 Å². The zero-order valence-electron chi connectivity index (χ0n) is 12.7. The second-order valence-corrected chi connectivity index (χ2v) is 7.55. The molecule has 0 bridgehead atoms. The minimum atomic E-state index is -3.74. The summed E-state index contributed by atoms with van der Waals surface area (Å²) in [6, 6.07) is 10.7. The molecule has 1 saturated heterocycles. The number of benzene rings is 2. The van der Waals surface area contributed by atoms with Gasteiger partial charge in [-0.1, -0.05) is 12.1 Å². The van der Waals surface area contributed by atoms with Gasteiger partial charge in [-0.25, -0.2) is 17.6 Å². The van der Waals surface area contributed by atoms with E-state index in [9.17, 15) is 17.6 Å². The standard InChI is InChI=1S/C17H16FNO4S/c18-14-7-3-12(4-8-14)16-2-1-11-19(16)24(22,23)15-9-5-13(6-10-15)17(20)21/h3-10,16H,1-2,11H2,(H,20,21). The van der Waals surface area contributed by atoms with E-state index in [1.807, 2.05) is 0 Å². The third-order valence-electron chi connectivity index (χ3n) is 4.17. The van der Waals surface area contributed by atoms with Gasteiger partial charge in [0.25, 0.3) is 0 Å². The van der Waals surface area contributed by atoms with Gasteiger partial charge in [-0.2, -0.15) is 4.31 Å². The van der Waals surface area contributed by atoms with Gasteiger partial charge in [0.15, 0.2) is 0 Å². The Labute approximate surface area is 139 Å². The number of aromatic carboxylic acids is 1. The molecule has 2 aromatic rings. The van der Waals surface area contributed by atoms with E-state index in [0.717, 1.165) is 5.56 Å². The first-order valence-electron chi connectivity index (χ1n) is 7.50. The van der Waals surface area contributed by atoms with Crippen molar-refractivity contribution in [2.75, 3.05) is 6.54 Å². The van der Waals surface area contributed by atoms with Crippen LogP contribution in [0.5, 0.6) is 0 Å². The van der Waals surface area contributed by atoms with Crippen molar-refractivity contribution >= 4 is 16.0 Å². The van der Waals surface area contributed by atoms with Gasteiger partial charge in [-0.3, -0.25) is 0 Å². The van der Waals surface area contributed by atoms with Crippen LogP contribution in [0.15, 0.2) is 53.4 Å². The zero-order chi connectivity index (χ0) is 17.3. The summed E-state index contributed by atoms with van der Waals surface area (Å²) in [7, 11) is -3.74. The van der Waals surface area contributed by atoms with Crippen LogP contribution in [0.1, 0.15) is 34.8 Å². The Kier molecular flexibility index (Phi) is 4.38. The lowest BCUT2D eigenvalue weighted by Crippen LogP contribution is -2.30. The molecule has 0 amide bonds. The number of halogens is 1.